The normalized spacial score (nSPS) is 17.0. The van der Waals surface area contributed by atoms with Crippen LogP contribution in [0.25, 0.3) is 0 Å². The van der Waals surface area contributed by atoms with Crippen molar-refractivity contribution in [3.8, 4) is 0 Å². The Morgan fingerprint density at radius 2 is 1.75 bits per heavy atom. The van der Waals surface area contributed by atoms with E-state index in [0.29, 0.717) is 6.54 Å². The molecule has 0 spiro atoms. The molecule has 1 N–H and O–H groups in total. The van der Waals surface area contributed by atoms with Crippen molar-refractivity contribution in [2.45, 2.75) is 6.42 Å². The second-order valence-electron chi connectivity index (χ2n) is 6.17. The molecule has 0 saturated carbocycles. The monoisotopic (exact) mass is 323 g/mol. The maximum Gasteiger partial charge on any atom is 0.229 e. The van der Waals surface area contributed by atoms with E-state index in [1.165, 1.54) is 0 Å². The molecule has 2 aromatic carbocycles. The molecular weight excluding hydrogens is 302 g/mol. The Hall–Kier alpha value is -2.82. The van der Waals surface area contributed by atoms with Crippen LogP contribution in [-0.2, 0) is 9.59 Å². The fourth-order valence-corrected chi connectivity index (χ4v) is 2.83. The maximum atomic E-state index is 12.5. The minimum atomic E-state index is -0.328. The summed E-state index contributed by atoms with van der Waals surface area (Å²) in [6, 6.07) is 17.1. The number of amides is 2. The average Bonchev–Trinajstić information content (AvgIpc) is 2.98. The molecule has 5 nitrogen and oxygen atoms in total. The minimum absolute atomic E-state index is 0.00990. The first-order valence-corrected chi connectivity index (χ1v) is 7.98. The molecule has 1 saturated heterocycles. The summed E-state index contributed by atoms with van der Waals surface area (Å²) in [6.07, 6.45) is 0.247. The van der Waals surface area contributed by atoms with Crippen LogP contribution in [0.4, 0.5) is 17.1 Å². The fraction of sp³-hybridized carbons (Fsp3) is 0.263. The van der Waals surface area contributed by atoms with Gasteiger partial charge in [-0.05, 0) is 36.4 Å². The second-order valence-corrected chi connectivity index (χ2v) is 6.17. The Bertz CT molecular complexity index is 726. The molecule has 24 heavy (non-hydrogen) atoms. The first kappa shape index (κ1) is 16.1. The Morgan fingerprint density at radius 1 is 1.08 bits per heavy atom. The molecule has 1 atom stereocenters. The fourth-order valence-electron chi connectivity index (χ4n) is 2.83. The maximum absolute atomic E-state index is 12.5. The van der Waals surface area contributed by atoms with Gasteiger partial charge >= 0.3 is 0 Å². The van der Waals surface area contributed by atoms with Gasteiger partial charge in [-0.2, -0.15) is 0 Å². The molecule has 0 aromatic heterocycles. The highest BCUT2D eigenvalue weighted by Crippen LogP contribution is 2.26. The lowest BCUT2D eigenvalue weighted by Gasteiger charge is -2.17. The molecule has 0 bridgehead atoms. The summed E-state index contributed by atoms with van der Waals surface area (Å²) in [7, 11) is 3.94. The van der Waals surface area contributed by atoms with Crippen molar-refractivity contribution in [1.82, 2.24) is 0 Å². The number of hydrogen-bond acceptors (Lipinski definition) is 3. The van der Waals surface area contributed by atoms with Gasteiger partial charge in [-0.15, -0.1) is 0 Å². The third-order valence-electron chi connectivity index (χ3n) is 4.21. The topological polar surface area (TPSA) is 52.7 Å². The first-order chi connectivity index (χ1) is 11.5. The first-order valence-electron chi connectivity index (χ1n) is 7.98. The van der Waals surface area contributed by atoms with E-state index in [0.717, 1.165) is 17.1 Å². The van der Waals surface area contributed by atoms with Gasteiger partial charge in [-0.1, -0.05) is 18.2 Å². The van der Waals surface area contributed by atoms with Crippen LogP contribution in [0.2, 0.25) is 0 Å². The number of benzene rings is 2. The highest BCUT2D eigenvalue weighted by Gasteiger charge is 2.35. The molecule has 3 rings (SSSR count). The molecular formula is C19H21N3O2. The van der Waals surface area contributed by atoms with Crippen LogP contribution in [0.5, 0.6) is 0 Å². The third kappa shape index (κ3) is 3.40. The predicted molar refractivity (Wildman–Crippen MR) is 96.3 cm³/mol. The van der Waals surface area contributed by atoms with Gasteiger partial charge in [0.25, 0.3) is 0 Å². The predicted octanol–water partition coefficient (Wildman–Crippen LogP) is 2.74. The van der Waals surface area contributed by atoms with Gasteiger partial charge in [0.1, 0.15) is 0 Å². The van der Waals surface area contributed by atoms with Gasteiger partial charge in [-0.3, -0.25) is 9.59 Å². The van der Waals surface area contributed by atoms with Gasteiger partial charge in [0.05, 0.1) is 5.92 Å². The van der Waals surface area contributed by atoms with E-state index in [4.69, 9.17) is 0 Å². The van der Waals surface area contributed by atoms with Crippen molar-refractivity contribution >= 4 is 28.9 Å². The molecule has 2 aromatic rings. The molecule has 2 amide bonds. The van der Waals surface area contributed by atoms with Crippen LogP contribution in [0.15, 0.2) is 54.6 Å². The van der Waals surface area contributed by atoms with Gasteiger partial charge in [0.2, 0.25) is 11.8 Å². The van der Waals surface area contributed by atoms with E-state index in [-0.39, 0.29) is 24.2 Å². The van der Waals surface area contributed by atoms with Crippen LogP contribution >= 0.6 is 0 Å². The third-order valence-corrected chi connectivity index (χ3v) is 4.21. The largest absolute Gasteiger partial charge is 0.378 e. The van der Waals surface area contributed by atoms with Crippen molar-refractivity contribution in [2.75, 3.05) is 35.8 Å². The Morgan fingerprint density at radius 3 is 2.38 bits per heavy atom. The van der Waals surface area contributed by atoms with E-state index in [1.54, 1.807) is 4.90 Å². The number of anilines is 3. The molecule has 0 radical (unpaired) electrons. The molecule has 5 heteroatoms. The molecule has 124 valence electrons. The second kappa shape index (κ2) is 6.74. The molecule has 1 fully saturated rings. The smallest absolute Gasteiger partial charge is 0.229 e. The number of carbonyl (C=O) groups excluding carboxylic acids is 2. The molecule has 0 unspecified atom stereocenters. The Kier molecular flexibility index (Phi) is 4.51. The Balaban J connectivity index is 1.65. The van der Waals surface area contributed by atoms with E-state index in [9.17, 15) is 9.59 Å². The van der Waals surface area contributed by atoms with E-state index >= 15 is 0 Å². The van der Waals surface area contributed by atoms with Crippen molar-refractivity contribution in [1.29, 1.82) is 0 Å². The van der Waals surface area contributed by atoms with Gasteiger partial charge in [0.15, 0.2) is 0 Å². The molecule has 1 aliphatic rings. The van der Waals surface area contributed by atoms with Crippen LogP contribution in [0, 0.1) is 5.92 Å². The Labute approximate surface area is 141 Å². The molecule has 0 aliphatic carbocycles. The van der Waals surface area contributed by atoms with E-state index in [2.05, 4.69) is 5.32 Å². The lowest BCUT2D eigenvalue weighted by atomic mass is 10.1. The summed E-state index contributed by atoms with van der Waals surface area (Å²) in [4.78, 5) is 28.3. The number of para-hydroxylation sites is 1. The number of nitrogens with zero attached hydrogens (tertiary/aromatic N) is 2. The van der Waals surface area contributed by atoms with Crippen LogP contribution < -0.4 is 15.1 Å². The summed E-state index contributed by atoms with van der Waals surface area (Å²) in [5.74, 6) is -0.449. The van der Waals surface area contributed by atoms with Crippen molar-refractivity contribution in [2.24, 2.45) is 5.92 Å². The van der Waals surface area contributed by atoms with E-state index < -0.39 is 0 Å². The number of hydrogen-bond donors (Lipinski definition) is 1. The number of carbonyl (C=O) groups is 2. The molecule has 1 aliphatic heterocycles. The van der Waals surface area contributed by atoms with Crippen LogP contribution in [-0.4, -0.2) is 32.5 Å². The van der Waals surface area contributed by atoms with E-state index in [1.807, 2.05) is 73.6 Å². The lowest BCUT2D eigenvalue weighted by Crippen LogP contribution is -2.28. The summed E-state index contributed by atoms with van der Waals surface area (Å²) in [5.41, 5.74) is 2.66. The SMILES string of the molecule is CN(C)c1ccc(NC(=O)[C@H]2CC(=O)N(c3ccccc3)C2)cc1. The average molecular weight is 323 g/mol. The highest BCUT2D eigenvalue weighted by atomic mass is 16.2. The van der Waals surface area contributed by atoms with Crippen LogP contribution in [0.3, 0.4) is 0 Å². The van der Waals surface area contributed by atoms with Gasteiger partial charge in [0, 0.05) is 44.1 Å². The number of rotatable bonds is 4. The van der Waals surface area contributed by atoms with Gasteiger partial charge < -0.3 is 15.1 Å². The quantitative estimate of drug-likeness (QED) is 0.941. The zero-order chi connectivity index (χ0) is 17.1. The molecule has 1 heterocycles. The summed E-state index contributed by atoms with van der Waals surface area (Å²) in [6.45, 7) is 0.421. The number of nitrogens with one attached hydrogen (secondary N) is 1. The highest BCUT2D eigenvalue weighted by molar-refractivity contribution is 6.03. The summed E-state index contributed by atoms with van der Waals surface area (Å²) in [5, 5.41) is 2.91. The standard InChI is InChI=1S/C19H21N3O2/c1-21(2)16-10-8-15(9-11-16)20-19(24)14-12-18(23)22(13-14)17-6-4-3-5-7-17/h3-11,14H,12-13H2,1-2H3,(H,20,24)/t14-/m0/s1. The van der Waals surface area contributed by atoms with Gasteiger partial charge in [-0.25, -0.2) is 0 Å². The zero-order valence-electron chi connectivity index (χ0n) is 13.9. The summed E-state index contributed by atoms with van der Waals surface area (Å²) < 4.78 is 0. The zero-order valence-corrected chi connectivity index (χ0v) is 13.9. The minimum Gasteiger partial charge on any atom is -0.378 e. The van der Waals surface area contributed by atoms with Crippen molar-refractivity contribution < 1.29 is 9.59 Å². The summed E-state index contributed by atoms with van der Waals surface area (Å²) >= 11 is 0. The lowest BCUT2D eigenvalue weighted by molar-refractivity contribution is -0.122. The van der Waals surface area contributed by atoms with Crippen LogP contribution in [0.1, 0.15) is 6.42 Å². The van der Waals surface area contributed by atoms with Crippen molar-refractivity contribution in [3.63, 3.8) is 0 Å². The van der Waals surface area contributed by atoms with Crippen molar-refractivity contribution in [3.05, 3.63) is 54.6 Å².